The van der Waals surface area contributed by atoms with Crippen molar-refractivity contribution in [2.75, 3.05) is 13.2 Å². The number of H-pyrrole nitrogens is 2. The lowest BCUT2D eigenvalue weighted by Crippen LogP contribution is -2.08. The maximum atomic E-state index is 12.9. The van der Waals surface area contributed by atoms with E-state index in [1.807, 2.05) is 44.2 Å². The third-order valence-electron chi connectivity index (χ3n) is 5.70. The first-order valence-electron chi connectivity index (χ1n) is 11.8. The summed E-state index contributed by atoms with van der Waals surface area (Å²) in [5.74, 6) is -1.15. The van der Waals surface area contributed by atoms with Crippen LogP contribution in [-0.2, 0) is 38.5 Å². The molecule has 3 rings (SSSR count). The summed E-state index contributed by atoms with van der Waals surface area (Å²) in [6.45, 7) is 7.93. The molecule has 2 heterocycles. The lowest BCUT2D eigenvalue weighted by atomic mass is 10.0. The predicted molar refractivity (Wildman–Crippen MR) is 130 cm³/mol. The number of carbonyl (C=O) groups excluding carboxylic acids is 3. The summed E-state index contributed by atoms with van der Waals surface area (Å²) in [6, 6.07) is 11.2. The van der Waals surface area contributed by atoms with Crippen molar-refractivity contribution in [3.05, 3.63) is 81.4 Å². The van der Waals surface area contributed by atoms with E-state index in [0.29, 0.717) is 43.0 Å². The zero-order chi connectivity index (χ0) is 25.4. The summed E-state index contributed by atoms with van der Waals surface area (Å²) in [5, 5.41) is 0. The van der Waals surface area contributed by atoms with Crippen LogP contribution in [0.4, 0.5) is 0 Å². The van der Waals surface area contributed by atoms with E-state index in [2.05, 4.69) is 9.97 Å². The Labute approximate surface area is 205 Å². The van der Waals surface area contributed by atoms with Crippen molar-refractivity contribution < 1.29 is 28.6 Å². The van der Waals surface area contributed by atoms with Crippen LogP contribution in [0.5, 0.6) is 0 Å². The number of hydrogen-bond acceptors (Lipinski definition) is 6. The van der Waals surface area contributed by atoms with Crippen LogP contribution in [0, 0.1) is 13.8 Å². The smallest absolute Gasteiger partial charge is 0.355 e. The summed E-state index contributed by atoms with van der Waals surface area (Å²) in [4.78, 5) is 43.5. The van der Waals surface area contributed by atoms with Crippen molar-refractivity contribution in [1.29, 1.82) is 0 Å². The van der Waals surface area contributed by atoms with Gasteiger partial charge in [-0.2, -0.15) is 0 Å². The molecular formula is C27H32N2O6. The minimum absolute atomic E-state index is 0.157. The van der Waals surface area contributed by atoms with Gasteiger partial charge in [-0.15, -0.1) is 0 Å². The van der Waals surface area contributed by atoms with Crippen molar-refractivity contribution in [1.82, 2.24) is 9.97 Å². The summed E-state index contributed by atoms with van der Waals surface area (Å²) >= 11 is 0. The number of esters is 3. The molecule has 0 saturated heterocycles. The van der Waals surface area contributed by atoms with E-state index in [4.69, 9.17) is 14.2 Å². The zero-order valence-electron chi connectivity index (χ0n) is 20.7. The highest BCUT2D eigenvalue weighted by molar-refractivity contribution is 5.91. The van der Waals surface area contributed by atoms with E-state index in [9.17, 15) is 14.4 Å². The van der Waals surface area contributed by atoms with E-state index >= 15 is 0 Å². The van der Waals surface area contributed by atoms with Gasteiger partial charge in [0.05, 0.1) is 18.8 Å². The third-order valence-corrected chi connectivity index (χ3v) is 5.70. The first-order chi connectivity index (χ1) is 16.8. The molecule has 0 spiro atoms. The zero-order valence-corrected chi connectivity index (χ0v) is 20.7. The summed E-state index contributed by atoms with van der Waals surface area (Å²) in [6.07, 6.45) is 1.01. The molecule has 0 saturated carbocycles. The Hall–Kier alpha value is -3.81. The Morgan fingerprint density at radius 2 is 1.60 bits per heavy atom. The van der Waals surface area contributed by atoms with Gasteiger partial charge >= 0.3 is 17.9 Å². The summed E-state index contributed by atoms with van der Waals surface area (Å²) in [7, 11) is 0. The van der Waals surface area contributed by atoms with Crippen molar-refractivity contribution >= 4 is 17.9 Å². The lowest BCUT2D eigenvalue weighted by Gasteiger charge is -2.06. The normalized spacial score (nSPS) is 10.7. The molecule has 186 valence electrons. The Kier molecular flexibility index (Phi) is 8.89. The SMILES string of the molecule is CCOC(=O)CCc1c(Cc2cc(C(=O)OCC)c(C)[nH]2)[nH]c(C(=O)OCc2ccccc2)c1C. The second kappa shape index (κ2) is 12.1. The van der Waals surface area contributed by atoms with Crippen LogP contribution >= 0.6 is 0 Å². The Morgan fingerprint density at radius 3 is 2.29 bits per heavy atom. The fourth-order valence-corrected chi connectivity index (χ4v) is 3.98. The average molecular weight is 481 g/mol. The van der Waals surface area contributed by atoms with E-state index in [0.717, 1.165) is 28.1 Å². The number of rotatable bonds is 11. The van der Waals surface area contributed by atoms with Crippen LogP contribution in [0.1, 0.15) is 74.9 Å². The van der Waals surface area contributed by atoms with E-state index < -0.39 is 5.97 Å². The minimum atomic E-state index is -0.468. The number of aryl methyl sites for hydroxylation is 1. The first-order valence-corrected chi connectivity index (χ1v) is 11.8. The van der Waals surface area contributed by atoms with Gasteiger partial charge < -0.3 is 24.2 Å². The van der Waals surface area contributed by atoms with Gasteiger partial charge in [0.2, 0.25) is 0 Å². The molecule has 0 unspecified atom stereocenters. The number of aromatic nitrogens is 2. The quantitative estimate of drug-likeness (QED) is 0.307. The number of nitrogens with one attached hydrogen (secondary N) is 2. The lowest BCUT2D eigenvalue weighted by molar-refractivity contribution is -0.143. The van der Waals surface area contributed by atoms with Crippen molar-refractivity contribution in [2.24, 2.45) is 0 Å². The Bertz CT molecular complexity index is 1180. The maximum Gasteiger partial charge on any atom is 0.355 e. The Balaban J connectivity index is 1.85. The van der Waals surface area contributed by atoms with Gasteiger partial charge in [0.15, 0.2) is 0 Å². The standard InChI is InChI=1S/C27H32N2O6/c1-5-33-24(30)13-12-21-17(3)25(27(32)35-16-19-10-8-7-9-11-19)29-23(21)15-20-14-22(18(4)28-20)26(31)34-6-2/h7-11,14,28-29H,5-6,12-13,15-16H2,1-4H3. The second-order valence-electron chi connectivity index (χ2n) is 8.18. The number of hydrogen-bond donors (Lipinski definition) is 2. The number of carbonyl (C=O) groups is 3. The molecule has 2 N–H and O–H groups in total. The molecule has 0 bridgehead atoms. The van der Waals surface area contributed by atoms with Crippen molar-refractivity contribution in [2.45, 2.75) is 53.6 Å². The van der Waals surface area contributed by atoms with Crippen LogP contribution < -0.4 is 0 Å². The van der Waals surface area contributed by atoms with Gasteiger partial charge in [0.25, 0.3) is 0 Å². The highest BCUT2D eigenvalue weighted by Gasteiger charge is 2.23. The van der Waals surface area contributed by atoms with Crippen LogP contribution in [0.3, 0.4) is 0 Å². The van der Waals surface area contributed by atoms with Gasteiger partial charge in [-0.05, 0) is 56.9 Å². The molecule has 35 heavy (non-hydrogen) atoms. The Morgan fingerprint density at radius 1 is 0.886 bits per heavy atom. The van der Waals surface area contributed by atoms with E-state index in [1.165, 1.54) is 0 Å². The fourth-order valence-electron chi connectivity index (χ4n) is 3.98. The predicted octanol–water partition coefficient (Wildman–Crippen LogP) is 4.58. The second-order valence-corrected chi connectivity index (χ2v) is 8.18. The van der Waals surface area contributed by atoms with Gasteiger partial charge in [-0.1, -0.05) is 30.3 Å². The monoisotopic (exact) mass is 480 g/mol. The maximum absolute atomic E-state index is 12.9. The van der Waals surface area contributed by atoms with Crippen molar-refractivity contribution in [3.8, 4) is 0 Å². The molecule has 0 aliphatic carbocycles. The minimum Gasteiger partial charge on any atom is -0.466 e. The van der Waals surface area contributed by atoms with Gasteiger partial charge in [-0.3, -0.25) is 4.79 Å². The van der Waals surface area contributed by atoms with E-state index in [1.54, 1.807) is 19.9 Å². The van der Waals surface area contributed by atoms with Gasteiger partial charge in [-0.25, -0.2) is 9.59 Å². The summed E-state index contributed by atoms with van der Waals surface area (Å²) < 4.78 is 15.7. The molecular weight excluding hydrogens is 448 g/mol. The third kappa shape index (κ3) is 6.62. The van der Waals surface area contributed by atoms with Crippen molar-refractivity contribution in [3.63, 3.8) is 0 Å². The molecule has 0 aliphatic heterocycles. The molecule has 0 aliphatic rings. The summed E-state index contributed by atoms with van der Waals surface area (Å²) in [5.41, 5.74) is 5.57. The first kappa shape index (κ1) is 25.8. The molecule has 3 aromatic rings. The molecule has 0 atom stereocenters. The van der Waals surface area contributed by atoms with Crippen LogP contribution in [0.15, 0.2) is 36.4 Å². The highest BCUT2D eigenvalue weighted by Crippen LogP contribution is 2.25. The van der Waals surface area contributed by atoms with Gasteiger partial charge in [0.1, 0.15) is 12.3 Å². The van der Waals surface area contributed by atoms with Crippen LogP contribution in [-0.4, -0.2) is 41.1 Å². The molecule has 0 amide bonds. The van der Waals surface area contributed by atoms with Gasteiger partial charge in [0, 0.05) is 29.9 Å². The van der Waals surface area contributed by atoms with Crippen LogP contribution in [0.25, 0.3) is 0 Å². The molecule has 8 heteroatoms. The van der Waals surface area contributed by atoms with E-state index in [-0.39, 0.29) is 25.0 Å². The fraction of sp³-hybridized carbons (Fsp3) is 0.370. The average Bonchev–Trinajstić information content (AvgIpc) is 3.36. The number of benzene rings is 1. The molecule has 1 aromatic carbocycles. The molecule has 8 nitrogen and oxygen atoms in total. The highest BCUT2D eigenvalue weighted by atomic mass is 16.5. The molecule has 0 fully saturated rings. The largest absolute Gasteiger partial charge is 0.466 e. The molecule has 0 radical (unpaired) electrons. The topological polar surface area (TPSA) is 110 Å². The van der Waals surface area contributed by atoms with Crippen LogP contribution in [0.2, 0.25) is 0 Å². The number of ether oxygens (including phenoxy) is 3. The number of aromatic amines is 2. The molecule has 2 aromatic heterocycles.